The summed E-state index contributed by atoms with van der Waals surface area (Å²) in [5.74, 6) is -2.45. The van der Waals surface area contributed by atoms with Gasteiger partial charge in [0.15, 0.2) is 5.41 Å². The molecule has 0 saturated heterocycles. The molecule has 3 unspecified atom stereocenters. The third-order valence-corrected chi connectivity index (χ3v) is 3.94. The number of esters is 1. The summed E-state index contributed by atoms with van der Waals surface area (Å²) in [5, 5.41) is 19.5. The van der Waals surface area contributed by atoms with Gasteiger partial charge in [0.1, 0.15) is 0 Å². The second-order valence-electron chi connectivity index (χ2n) is 4.81. The highest BCUT2D eigenvalue weighted by atomic mass is 16.5. The average molecular weight is 258 g/mol. The monoisotopic (exact) mass is 258 g/mol. The number of carboxylic acid groups (broad SMARTS) is 1. The standard InChI is InChI=1S/C13H22O5/c1-3-13(11(15)16,12(17)18-4-2)9-7-5-6-8-10(9)14/h9-10,14H,3-8H2,1-2H3,(H,15,16). The predicted octanol–water partition coefficient (Wildman–Crippen LogP) is 1.58. The Labute approximate surface area is 107 Å². The van der Waals surface area contributed by atoms with Crippen molar-refractivity contribution in [2.75, 3.05) is 6.61 Å². The fourth-order valence-electron chi connectivity index (χ4n) is 2.90. The third kappa shape index (κ3) is 2.51. The first-order valence-corrected chi connectivity index (χ1v) is 6.59. The number of carbonyl (C=O) groups is 2. The summed E-state index contributed by atoms with van der Waals surface area (Å²) >= 11 is 0. The third-order valence-electron chi connectivity index (χ3n) is 3.94. The normalized spacial score (nSPS) is 27.3. The van der Waals surface area contributed by atoms with Crippen LogP contribution in [0, 0.1) is 11.3 Å². The first-order valence-electron chi connectivity index (χ1n) is 6.59. The van der Waals surface area contributed by atoms with E-state index in [2.05, 4.69) is 0 Å². The van der Waals surface area contributed by atoms with E-state index in [9.17, 15) is 19.8 Å². The lowest BCUT2D eigenvalue weighted by Crippen LogP contribution is -2.51. The number of aliphatic hydroxyl groups is 1. The second kappa shape index (κ2) is 6.18. The largest absolute Gasteiger partial charge is 0.480 e. The molecule has 1 rings (SSSR count). The van der Waals surface area contributed by atoms with E-state index in [-0.39, 0.29) is 13.0 Å². The fraction of sp³-hybridized carbons (Fsp3) is 0.846. The van der Waals surface area contributed by atoms with Crippen molar-refractivity contribution < 1.29 is 24.5 Å². The Morgan fingerprint density at radius 3 is 2.33 bits per heavy atom. The molecule has 0 aromatic heterocycles. The van der Waals surface area contributed by atoms with Gasteiger partial charge in [0.2, 0.25) is 0 Å². The van der Waals surface area contributed by atoms with Crippen LogP contribution in [0.3, 0.4) is 0 Å². The van der Waals surface area contributed by atoms with Crippen molar-refractivity contribution in [2.24, 2.45) is 11.3 Å². The van der Waals surface area contributed by atoms with Gasteiger partial charge in [0.25, 0.3) is 0 Å². The molecule has 0 spiro atoms. The van der Waals surface area contributed by atoms with Crippen molar-refractivity contribution >= 4 is 11.9 Å². The Balaban J connectivity index is 3.09. The van der Waals surface area contributed by atoms with Crippen LogP contribution in [0.1, 0.15) is 46.0 Å². The number of aliphatic hydroxyl groups excluding tert-OH is 1. The zero-order valence-corrected chi connectivity index (χ0v) is 11.0. The van der Waals surface area contributed by atoms with Gasteiger partial charge in [-0.15, -0.1) is 0 Å². The molecule has 0 aromatic rings. The van der Waals surface area contributed by atoms with Gasteiger partial charge in [0.05, 0.1) is 12.7 Å². The first-order chi connectivity index (χ1) is 8.50. The van der Waals surface area contributed by atoms with E-state index < -0.39 is 29.4 Å². The highest BCUT2D eigenvalue weighted by Crippen LogP contribution is 2.42. The van der Waals surface area contributed by atoms with Crippen molar-refractivity contribution in [1.82, 2.24) is 0 Å². The van der Waals surface area contributed by atoms with Gasteiger partial charge in [-0.25, -0.2) is 0 Å². The minimum Gasteiger partial charge on any atom is -0.480 e. The van der Waals surface area contributed by atoms with Crippen LogP contribution in [0.25, 0.3) is 0 Å². The van der Waals surface area contributed by atoms with Gasteiger partial charge in [-0.1, -0.05) is 19.8 Å². The Morgan fingerprint density at radius 1 is 1.28 bits per heavy atom. The molecule has 104 valence electrons. The molecule has 18 heavy (non-hydrogen) atoms. The Morgan fingerprint density at radius 2 is 1.89 bits per heavy atom. The van der Waals surface area contributed by atoms with Crippen molar-refractivity contribution in [3.05, 3.63) is 0 Å². The van der Waals surface area contributed by atoms with Crippen LogP contribution in [-0.4, -0.2) is 34.9 Å². The topological polar surface area (TPSA) is 83.8 Å². The number of hydrogen-bond acceptors (Lipinski definition) is 4. The second-order valence-corrected chi connectivity index (χ2v) is 4.81. The zero-order valence-electron chi connectivity index (χ0n) is 11.0. The molecule has 1 aliphatic carbocycles. The van der Waals surface area contributed by atoms with E-state index in [1.807, 2.05) is 0 Å². The number of hydrogen-bond donors (Lipinski definition) is 2. The van der Waals surface area contributed by atoms with Crippen LogP contribution >= 0.6 is 0 Å². The maximum atomic E-state index is 12.1. The van der Waals surface area contributed by atoms with E-state index in [4.69, 9.17) is 4.74 Å². The molecule has 3 atom stereocenters. The fourth-order valence-corrected chi connectivity index (χ4v) is 2.90. The number of carboxylic acids is 1. The first kappa shape index (κ1) is 15.0. The maximum Gasteiger partial charge on any atom is 0.323 e. The van der Waals surface area contributed by atoms with Crippen LogP contribution in [0.4, 0.5) is 0 Å². The van der Waals surface area contributed by atoms with Crippen LogP contribution in [0.2, 0.25) is 0 Å². The lowest BCUT2D eigenvalue weighted by atomic mass is 9.65. The summed E-state index contributed by atoms with van der Waals surface area (Å²) in [4.78, 5) is 23.7. The van der Waals surface area contributed by atoms with E-state index in [1.54, 1.807) is 13.8 Å². The van der Waals surface area contributed by atoms with E-state index in [1.165, 1.54) is 0 Å². The minimum absolute atomic E-state index is 0.142. The van der Waals surface area contributed by atoms with Crippen LogP contribution < -0.4 is 0 Å². The average Bonchev–Trinajstić information content (AvgIpc) is 2.33. The number of aliphatic carboxylic acids is 1. The summed E-state index contributed by atoms with van der Waals surface area (Å²) in [6.07, 6.45) is 2.23. The molecule has 5 heteroatoms. The number of carbonyl (C=O) groups excluding carboxylic acids is 1. The van der Waals surface area contributed by atoms with Gasteiger partial charge in [0, 0.05) is 5.92 Å². The lowest BCUT2D eigenvalue weighted by molar-refractivity contribution is -0.179. The van der Waals surface area contributed by atoms with Crippen molar-refractivity contribution in [2.45, 2.75) is 52.1 Å². The quantitative estimate of drug-likeness (QED) is 0.578. The van der Waals surface area contributed by atoms with E-state index in [0.717, 1.165) is 12.8 Å². The van der Waals surface area contributed by atoms with Gasteiger partial charge < -0.3 is 14.9 Å². The number of ether oxygens (including phenoxy) is 1. The molecule has 0 amide bonds. The Bertz CT molecular complexity index is 315. The summed E-state index contributed by atoms with van der Waals surface area (Å²) < 4.78 is 4.93. The Hall–Kier alpha value is -1.10. The smallest absolute Gasteiger partial charge is 0.323 e. The molecule has 2 N–H and O–H groups in total. The highest BCUT2D eigenvalue weighted by Gasteiger charge is 2.55. The minimum atomic E-state index is -1.60. The molecule has 0 bridgehead atoms. The van der Waals surface area contributed by atoms with Gasteiger partial charge in [-0.3, -0.25) is 9.59 Å². The molecule has 1 saturated carbocycles. The lowest BCUT2D eigenvalue weighted by Gasteiger charge is -2.39. The SMILES string of the molecule is CCOC(=O)C(CC)(C(=O)O)C1CCCCC1O. The molecule has 0 radical (unpaired) electrons. The van der Waals surface area contributed by atoms with E-state index in [0.29, 0.717) is 12.8 Å². The molecule has 0 aliphatic heterocycles. The Kier molecular flexibility index (Phi) is 5.14. The molecule has 0 heterocycles. The van der Waals surface area contributed by atoms with Gasteiger partial charge >= 0.3 is 11.9 Å². The molecular formula is C13H22O5. The molecule has 0 aromatic carbocycles. The molecule has 5 nitrogen and oxygen atoms in total. The van der Waals surface area contributed by atoms with Crippen LogP contribution in [0.5, 0.6) is 0 Å². The summed E-state index contributed by atoms with van der Waals surface area (Å²) in [6, 6.07) is 0. The van der Waals surface area contributed by atoms with Gasteiger partial charge in [-0.2, -0.15) is 0 Å². The van der Waals surface area contributed by atoms with Crippen LogP contribution in [-0.2, 0) is 14.3 Å². The predicted molar refractivity (Wildman–Crippen MR) is 65.0 cm³/mol. The van der Waals surface area contributed by atoms with Crippen molar-refractivity contribution in [3.8, 4) is 0 Å². The van der Waals surface area contributed by atoms with Gasteiger partial charge in [-0.05, 0) is 26.2 Å². The van der Waals surface area contributed by atoms with Crippen LogP contribution in [0.15, 0.2) is 0 Å². The maximum absolute atomic E-state index is 12.1. The highest BCUT2D eigenvalue weighted by molar-refractivity contribution is 5.99. The van der Waals surface area contributed by atoms with Crippen molar-refractivity contribution in [1.29, 1.82) is 0 Å². The number of rotatable bonds is 5. The summed E-state index contributed by atoms with van der Waals surface area (Å²) in [5.41, 5.74) is -1.60. The molecule has 1 fully saturated rings. The zero-order chi connectivity index (χ0) is 13.8. The summed E-state index contributed by atoms with van der Waals surface area (Å²) in [6.45, 7) is 3.46. The van der Waals surface area contributed by atoms with E-state index >= 15 is 0 Å². The molecule has 1 aliphatic rings. The molecular weight excluding hydrogens is 236 g/mol. The van der Waals surface area contributed by atoms with Crippen molar-refractivity contribution in [3.63, 3.8) is 0 Å². The summed E-state index contributed by atoms with van der Waals surface area (Å²) in [7, 11) is 0.